The van der Waals surface area contributed by atoms with E-state index in [-0.39, 0.29) is 5.91 Å². The highest BCUT2D eigenvalue weighted by Gasteiger charge is 2.09. The number of carbonyl (C=O) groups excluding carboxylic acids is 1. The second kappa shape index (κ2) is 6.53. The maximum atomic E-state index is 12.3. The highest BCUT2D eigenvalue weighted by atomic mass is 16.1. The molecule has 0 fully saturated rings. The van der Waals surface area contributed by atoms with Gasteiger partial charge in [0.25, 0.3) is 5.91 Å². The van der Waals surface area contributed by atoms with Crippen LogP contribution >= 0.6 is 0 Å². The van der Waals surface area contributed by atoms with Crippen molar-refractivity contribution >= 4 is 17.4 Å². The number of rotatable bonds is 4. The molecule has 21 heavy (non-hydrogen) atoms. The van der Waals surface area contributed by atoms with Crippen LogP contribution in [0.25, 0.3) is 0 Å². The number of benzene rings is 1. The molecule has 0 aliphatic carbocycles. The zero-order valence-electron chi connectivity index (χ0n) is 12.0. The van der Waals surface area contributed by atoms with Gasteiger partial charge in [-0.05, 0) is 44.2 Å². The first kappa shape index (κ1) is 14.5. The summed E-state index contributed by atoms with van der Waals surface area (Å²) >= 11 is 0. The Balaban J connectivity index is 2.22. The fourth-order valence-electron chi connectivity index (χ4n) is 1.94. The Bertz CT molecular complexity index is 704. The first-order chi connectivity index (χ1) is 10.1. The Morgan fingerprint density at radius 1 is 1.33 bits per heavy atom. The van der Waals surface area contributed by atoms with Crippen LogP contribution in [0.1, 0.15) is 28.5 Å². The molecule has 0 bridgehead atoms. The molecule has 1 aromatic heterocycles. The molecule has 5 heteroatoms. The van der Waals surface area contributed by atoms with E-state index in [2.05, 4.69) is 15.6 Å². The van der Waals surface area contributed by atoms with Crippen LogP contribution in [0, 0.1) is 18.3 Å². The van der Waals surface area contributed by atoms with E-state index in [4.69, 9.17) is 5.26 Å². The second-order valence-corrected chi connectivity index (χ2v) is 4.56. The summed E-state index contributed by atoms with van der Waals surface area (Å²) in [6, 6.07) is 12.3. The van der Waals surface area contributed by atoms with Gasteiger partial charge in [-0.3, -0.25) is 4.79 Å². The number of amides is 1. The number of nitrogens with zero attached hydrogens (tertiary/aromatic N) is 2. The van der Waals surface area contributed by atoms with Crippen LogP contribution in [-0.4, -0.2) is 17.4 Å². The SMILES string of the molecule is CCNc1cc(C(=O)Nc2cccc(C#N)c2)cc(C)n1. The molecule has 0 atom stereocenters. The molecule has 0 spiro atoms. The minimum absolute atomic E-state index is 0.227. The summed E-state index contributed by atoms with van der Waals surface area (Å²) in [5.41, 5.74) is 2.40. The average Bonchev–Trinajstić information content (AvgIpc) is 2.47. The molecule has 0 aliphatic heterocycles. The summed E-state index contributed by atoms with van der Waals surface area (Å²) in [5.74, 6) is 0.447. The van der Waals surface area contributed by atoms with Crippen LogP contribution in [0.3, 0.4) is 0 Å². The molecule has 0 saturated carbocycles. The van der Waals surface area contributed by atoms with Gasteiger partial charge >= 0.3 is 0 Å². The Labute approximate surface area is 123 Å². The summed E-state index contributed by atoms with van der Waals surface area (Å²) in [5, 5.41) is 14.7. The first-order valence-electron chi connectivity index (χ1n) is 6.66. The molecule has 1 aromatic carbocycles. The van der Waals surface area contributed by atoms with Crippen LogP contribution in [0.2, 0.25) is 0 Å². The normalized spacial score (nSPS) is 9.76. The van der Waals surface area contributed by atoms with E-state index in [1.807, 2.05) is 19.9 Å². The molecule has 5 nitrogen and oxygen atoms in total. The van der Waals surface area contributed by atoms with E-state index >= 15 is 0 Å². The number of carbonyl (C=O) groups is 1. The van der Waals surface area contributed by atoms with Crippen molar-refractivity contribution in [2.24, 2.45) is 0 Å². The fraction of sp³-hybridized carbons (Fsp3) is 0.188. The lowest BCUT2D eigenvalue weighted by atomic mass is 10.2. The Morgan fingerprint density at radius 2 is 2.14 bits per heavy atom. The number of aryl methyl sites for hydroxylation is 1. The van der Waals surface area contributed by atoms with Crippen LogP contribution in [0.4, 0.5) is 11.5 Å². The van der Waals surface area contributed by atoms with E-state index in [1.54, 1.807) is 36.4 Å². The van der Waals surface area contributed by atoms with Crippen molar-refractivity contribution in [2.45, 2.75) is 13.8 Å². The standard InChI is InChI=1S/C16H16N4O/c1-3-18-15-9-13(7-11(2)19-15)16(21)20-14-6-4-5-12(8-14)10-17/h4-9H,3H2,1-2H3,(H,18,19)(H,20,21). The van der Waals surface area contributed by atoms with Crippen LogP contribution in [-0.2, 0) is 0 Å². The smallest absolute Gasteiger partial charge is 0.255 e. The summed E-state index contributed by atoms with van der Waals surface area (Å²) in [6.07, 6.45) is 0. The molecule has 2 aromatic rings. The van der Waals surface area contributed by atoms with Gasteiger partial charge in [0, 0.05) is 23.5 Å². The average molecular weight is 280 g/mol. The van der Waals surface area contributed by atoms with Gasteiger partial charge < -0.3 is 10.6 Å². The van der Waals surface area contributed by atoms with Gasteiger partial charge in [0.1, 0.15) is 5.82 Å². The molecule has 0 radical (unpaired) electrons. The van der Waals surface area contributed by atoms with Crippen LogP contribution in [0.15, 0.2) is 36.4 Å². The molecular formula is C16H16N4O. The topological polar surface area (TPSA) is 77.8 Å². The Kier molecular flexibility index (Phi) is 4.52. The number of nitrogens with one attached hydrogen (secondary N) is 2. The van der Waals surface area contributed by atoms with Crippen molar-refractivity contribution in [1.82, 2.24) is 4.98 Å². The first-order valence-corrected chi connectivity index (χ1v) is 6.66. The maximum Gasteiger partial charge on any atom is 0.255 e. The molecule has 0 aliphatic rings. The van der Waals surface area contributed by atoms with Gasteiger partial charge in [-0.1, -0.05) is 6.07 Å². The Hall–Kier alpha value is -2.87. The highest BCUT2D eigenvalue weighted by Crippen LogP contribution is 2.14. The molecule has 0 saturated heterocycles. The van der Waals surface area contributed by atoms with E-state index in [1.165, 1.54) is 0 Å². The minimum Gasteiger partial charge on any atom is -0.370 e. The fourth-order valence-corrected chi connectivity index (χ4v) is 1.94. The van der Waals surface area contributed by atoms with Gasteiger partial charge in [0.05, 0.1) is 11.6 Å². The summed E-state index contributed by atoms with van der Waals surface area (Å²) < 4.78 is 0. The Morgan fingerprint density at radius 3 is 2.86 bits per heavy atom. The molecule has 106 valence electrons. The van der Waals surface area contributed by atoms with E-state index in [0.29, 0.717) is 22.6 Å². The zero-order valence-corrected chi connectivity index (χ0v) is 12.0. The number of pyridine rings is 1. The minimum atomic E-state index is -0.227. The van der Waals surface area contributed by atoms with Crippen LogP contribution < -0.4 is 10.6 Å². The number of hydrogen-bond acceptors (Lipinski definition) is 4. The molecule has 1 heterocycles. The lowest BCUT2D eigenvalue weighted by molar-refractivity contribution is 0.102. The van der Waals surface area contributed by atoms with E-state index in [0.717, 1.165) is 12.2 Å². The summed E-state index contributed by atoms with van der Waals surface area (Å²) in [7, 11) is 0. The zero-order chi connectivity index (χ0) is 15.2. The van der Waals surface area contributed by atoms with Crippen LogP contribution in [0.5, 0.6) is 0 Å². The number of hydrogen-bond donors (Lipinski definition) is 2. The van der Waals surface area contributed by atoms with Crippen molar-refractivity contribution in [2.75, 3.05) is 17.2 Å². The third-order valence-corrected chi connectivity index (χ3v) is 2.82. The number of anilines is 2. The summed E-state index contributed by atoms with van der Waals surface area (Å²) in [6.45, 7) is 4.55. The van der Waals surface area contributed by atoms with E-state index < -0.39 is 0 Å². The largest absolute Gasteiger partial charge is 0.370 e. The van der Waals surface area contributed by atoms with Gasteiger partial charge in [0.2, 0.25) is 0 Å². The second-order valence-electron chi connectivity index (χ2n) is 4.56. The third kappa shape index (κ3) is 3.80. The van der Waals surface area contributed by atoms with Gasteiger partial charge in [-0.25, -0.2) is 4.98 Å². The molecule has 1 amide bonds. The van der Waals surface area contributed by atoms with Gasteiger partial charge in [-0.15, -0.1) is 0 Å². The maximum absolute atomic E-state index is 12.3. The predicted octanol–water partition coefficient (Wildman–Crippen LogP) is 2.95. The van der Waals surface area contributed by atoms with Crippen molar-refractivity contribution in [3.8, 4) is 6.07 Å². The molecule has 0 unspecified atom stereocenters. The van der Waals surface area contributed by atoms with Gasteiger partial charge in [-0.2, -0.15) is 5.26 Å². The quantitative estimate of drug-likeness (QED) is 0.902. The van der Waals surface area contributed by atoms with Crippen molar-refractivity contribution in [3.05, 3.63) is 53.2 Å². The molecule has 2 rings (SSSR count). The number of nitriles is 1. The lowest BCUT2D eigenvalue weighted by Gasteiger charge is -2.09. The number of aromatic nitrogens is 1. The summed E-state index contributed by atoms with van der Waals surface area (Å²) in [4.78, 5) is 16.6. The van der Waals surface area contributed by atoms with Crippen molar-refractivity contribution in [3.63, 3.8) is 0 Å². The molecule has 2 N–H and O–H groups in total. The van der Waals surface area contributed by atoms with E-state index in [9.17, 15) is 4.79 Å². The third-order valence-electron chi connectivity index (χ3n) is 2.82. The highest BCUT2D eigenvalue weighted by molar-refractivity contribution is 6.04. The van der Waals surface area contributed by atoms with Gasteiger partial charge in [0.15, 0.2) is 0 Å². The predicted molar refractivity (Wildman–Crippen MR) is 82.2 cm³/mol. The molecular weight excluding hydrogens is 264 g/mol. The monoisotopic (exact) mass is 280 g/mol. The van der Waals surface area contributed by atoms with Crippen molar-refractivity contribution < 1.29 is 4.79 Å². The van der Waals surface area contributed by atoms with Crippen molar-refractivity contribution in [1.29, 1.82) is 5.26 Å². The lowest BCUT2D eigenvalue weighted by Crippen LogP contribution is -2.13.